The summed E-state index contributed by atoms with van der Waals surface area (Å²) in [5.41, 5.74) is 4.38. The van der Waals surface area contributed by atoms with Gasteiger partial charge >= 0.3 is 6.61 Å². The number of benzene rings is 1. The number of aryl methyl sites for hydroxylation is 1. The second kappa shape index (κ2) is 7.11. The van der Waals surface area contributed by atoms with Crippen molar-refractivity contribution < 1.29 is 13.5 Å². The number of halogens is 2. The van der Waals surface area contributed by atoms with Gasteiger partial charge in [0.1, 0.15) is 5.75 Å². The molecule has 0 aliphatic carbocycles. The van der Waals surface area contributed by atoms with Crippen LogP contribution in [-0.2, 0) is 6.42 Å². The maximum absolute atomic E-state index is 12.3. The number of pyridine rings is 1. The van der Waals surface area contributed by atoms with E-state index in [0.717, 1.165) is 28.9 Å². The first kappa shape index (κ1) is 17.1. The van der Waals surface area contributed by atoms with Crippen LogP contribution in [-0.4, -0.2) is 26.2 Å². The molecule has 0 spiro atoms. The summed E-state index contributed by atoms with van der Waals surface area (Å²) in [6.45, 7) is -0.798. The zero-order chi connectivity index (χ0) is 18.8. The molecule has 0 atom stereocenters. The Hall–Kier alpha value is -3.35. The number of nitrogens with zero attached hydrogens (tertiary/aromatic N) is 4. The maximum Gasteiger partial charge on any atom is 0.387 e. The molecule has 0 amide bonds. The molecule has 0 fully saturated rings. The predicted molar refractivity (Wildman–Crippen MR) is 97.7 cm³/mol. The third-order valence-corrected chi connectivity index (χ3v) is 4.20. The Balaban J connectivity index is 1.75. The molecule has 0 bridgehead atoms. The Labute approximate surface area is 154 Å². The largest absolute Gasteiger partial charge is 0.435 e. The molecule has 0 radical (unpaired) electrons. The van der Waals surface area contributed by atoms with E-state index in [1.807, 2.05) is 35.0 Å². The zero-order valence-corrected chi connectivity index (χ0v) is 14.5. The summed E-state index contributed by atoms with van der Waals surface area (Å²) in [7, 11) is 0. The maximum atomic E-state index is 12.3. The van der Waals surface area contributed by atoms with Crippen LogP contribution >= 0.6 is 0 Å². The van der Waals surface area contributed by atoms with Gasteiger partial charge in [0.25, 0.3) is 0 Å². The smallest absolute Gasteiger partial charge is 0.387 e. The van der Waals surface area contributed by atoms with Gasteiger partial charge in [-0.05, 0) is 48.9 Å². The average Bonchev–Trinajstić information content (AvgIpc) is 3.07. The van der Waals surface area contributed by atoms with Crippen molar-refractivity contribution in [3.63, 3.8) is 0 Å². The molecule has 0 saturated heterocycles. The fourth-order valence-corrected chi connectivity index (χ4v) is 3.00. The highest BCUT2D eigenvalue weighted by molar-refractivity contribution is 5.81. The van der Waals surface area contributed by atoms with Crippen LogP contribution in [0.25, 0.3) is 28.2 Å². The zero-order valence-electron chi connectivity index (χ0n) is 14.5. The summed E-state index contributed by atoms with van der Waals surface area (Å²) < 4.78 is 30.8. The van der Waals surface area contributed by atoms with Gasteiger partial charge in [-0.3, -0.25) is 0 Å². The van der Waals surface area contributed by atoms with Crippen LogP contribution in [0.1, 0.15) is 12.6 Å². The Morgan fingerprint density at radius 2 is 1.89 bits per heavy atom. The molecule has 0 unspecified atom stereocenters. The fourth-order valence-electron chi connectivity index (χ4n) is 3.00. The second-order valence-electron chi connectivity index (χ2n) is 5.87. The van der Waals surface area contributed by atoms with E-state index in [4.69, 9.17) is 0 Å². The van der Waals surface area contributed by atoms with E-state index in [1.54, 1.807) is 18.3 Å². The first-order chi connectivity index (χ1) is 13.2. The van der Waals surface area contributed by atoms with Crippen LogP contribution in [0.4, 0.5) is 8.78 Å². The van der Waals surface area contributed by atoms with Gasteiger partial charge in [0.15, 0.2) is 5.82 Å². The summed E-state index contributed by atoms with van der Waals surface area (Å²) in [4.78, 5) is 9.00. The summed E-state index contributed by atoms with van der Waals surface area (Å²) >= 11 is 0. The van der Waals surface area contributed by atoms with E-state index in [0.29, 0.717) is 11.4 Å². The SMILES string of the molecule is CCc1nn2ccccc2c1-c1ccnc(-c2ccc(OC(F)F)cc2)n1. The van der Waals surface area contributed by atoms with E-state index in [1.165, 1.54) is 12.1 Å². The summed E-state index contributed by atoms with van der Waals surface area (Å²) in [6.07, 6.45) is 4.37. The van der Waals surface area contributed by atoms with Crippen LogP contribution in [0, 0.1) is 0 Å². The van der Waals surface area contributed by atoms with Gasteiger partial charge in [-0.25, -0.2) is 14.5 Å². The number of ether oxygens (including phenoxy) is 1. The quantitative estimate of drug-likeness (QED) is 0.517. The average molecular weight is 366 g/mol. The molecule has 27 heavy (non-hydrogen) atoms. The van der Waals surface area contributed by atoms with Gasteiger partial charge in [0.05, 0.1) is 16.9 Å². The van der Waals surface area contributed by atoms with Crippen molar-refractivity contribution in [3.8, 4) is 28.4 Å². The third-order valence-electron chi connectivity index (χ3n) is 4.20. The fraction of sp³-hybridized carbons (Fsp3) is 0.150. The van der Waals surface area contributed by atoms with Crippen LogP contribution in [0.3, 0.4) is 0 Å². The van der Waals surface area contributed by atoms with Crippen molar-refractivity contribution in [2.24, 2.45) is 0 Å². The molecule has 1 aromatic carbocycles. The highest BCUT2D eigenvalue weighted by atomic mass is 19.3. The Morgan fingerprint density at radius 3 is 2.63 bits per heavy atom. The molecule has 4 rings (SSSR count). The van der Waals surface area contributed by atoms with Crippen LogP contribution in [0.2, 0.25) is 0 Å². The van der Waals surface area contributed by atoms with Crippen LogP contribution in [0.5, 0.6) is 5.75 Å². The van der Waals surface area contributed by atoms with Crippen LogP contribution in [0.15, 0.2) is 60.9 Å². The third kappa shape index (κ3) is 3.36. The van der Waals surface area contributed by atoms with E-state index in [2.05, 4.69) is 26.7 Å². The Bertz CT molecular complexity index is 1080. The molecule has 4 aromatic rings. The Kier molecular flexibility index (Phi) is 4.50. The van der Waals surface area contributed by atoms with Crippen molar-refractivity contribution in [3.05, 3.63) is 66.6 Å². The number of rotatable bonds is 5. The van der Waals surface area contributed by atoms with E-state index in [9.17, 15) is 8.78 Å². The minimum Gasteiger partial charge on any atom is -0.435 e. The standard InChI is InChI=1S/C20H16F2N4O/c1-2-15-18(17-5-3-4-12-26(17)25-15)16-10-11-23-19(24-16)13-6-8-14(9-7-13)27-20(21)22/h3-12,20H,2H2,1H3. The highest BCUT2D eigenvalue weighted by Crippen LogP contribution is 2.29. The summed E-state index contributed by atoms with van der Waals surface area (Å²) in [5, 5.41) is 4.62. The minimum atomic E-state index is -2.85. The second-order valence-corrected chi connectivity index (χ2v) is 5.87. The minimum absolute atomic E-state index is 0.0980. The first-order valence-corrected chi connectivity index (χ1v) is 8.50. The normalized spacial score (nSPS) is 11.3. The van der Waals surface area contributed by atoms with E-state index in [-0.39, 0.29) is 5.75 Å². The molecule has 7 heteroatoms. The summed E-state index contributed by atoms with van der Waals surface area (Å²) in [5.74, 6) is 0.606. The van der Waals surface area contributed by atoms with Crippen molar-refractivity contribution >= 4 is 5.52 Å². The molecular formula is C20H16F2N4O. The van der Waals surface area contributed by atoms with Crippen molar-refractivity contribution in [2.75, 3.05) is 0 Å². The summed E-state index contributed by atoms with van der Waals surface area (Å²) in [6, 6.07) is 14.0. The number of hydrogen-bond donors (Lipinski definition) is 0. The highest BCUT2D eigenvalue weighted by Gasteiger charge is 2.15. The molecule has 0 aliphatic heterocycles. The van der Waals surface area contributed by atoms with Crippen molar-refractivity contribution in [1.29, 1.82) is 0 Å². The lowest BCUT2D eigenvalue weighted by Crippen LogP contribution is -2.01. The predicted octanol–water partition coefficient (Wildman–Crippen LogP) is 4.62. The van der Waals surface area contributed by atoms with Crippen molar-refractivity contribution in [2.45, 2.75) is 20.0 Å². The molecule has 5 nitrogen and oxygen atoms in total. The molecule has 0 N–H and O–H groups in total. The number of alkyl halides is 2. The molecular weight excluding hydrogens is 350 g/mol. The van der Waals surface area contributed by atoms with Gasteiger partial charge < -0.3 is 4.74 Å². The van der Waals surface area contributed by atoms with Gasteiger partial charge in [0.2, 0.25) is 0 Å². The molecule has 0 saturated carbocycles. The molecule has 136 valence electrons. The first-order valence-electron chi connectivity index (χ1n) is 8.50. The topological polar surface area (TPSA) is 52.3 Å². The number of hydrogen-bond acceptors (Lipinski definition) is 4. The lowest BCUT2D eigenvalue weighted by Gasteiger charge is -2.07. The van der Waals surface area contributed by atoms with Crippen LogP contribution < -0.4 is 4.74 Å². The van der Waals surface area contributed by atoms with Gasteiger partial charge in [-0.1, -0.05) is 13.0 Å². The lowest BCUT2D eigenvalue weighted by molar-refractivity contribution is -0.0498. The van der Waals surface area contributed by atoms with E-state index < -0.39 is 6.61 Å². The molecule has 3 heterocycles. The monoisotopic (exact) mass is 366 g/mol. The van der Waals surface area contributed by atoms with E-state index >= 15 is 0 Å². The van der Waals surface area contributed by atoms with Gasteiger partial charge in [0, 0.05) is 23.5 Å². The van der Waals surface area contributed by atoms with Crippen molar-refractivity contribution in [1.82, 2.24) is 19.6 Å². The molecule has 3 aromatic heterocycles. The number of aromatic nitrogens is 4. The Morgan fingerprint density at radius 1 is 1.07 bits per heavy atom. The molecule has 0 aliphatic rings. The van der Waals surface area contributed by atoms with Gasteiger partial charge in [-0.15, -0.1) is 0 Å². The number of fused-ring (bicyclic) bond motifs is 1. The lowest BCUT2D eigenvalue weighted by atomic mass is 10.1. The van der Waals surface area contributed by atoms with Gasteiger partial charge in [-0.2, -0.15) is 13.9 Å².